The van der Waals surface area contributed by atoms with Crippen LogP contribution in [0.15, 0.2) is 30.5 Å². The minimum Gasteiger partial charge on any atom is -0.373 e. The van der Waals surface area contributed by atoms with Crippen molar-refractivity contribution in [1.29, 1.82) is 0 Å². The minimum absolute atomic E-state index is 0.533. The van der Waals surface area contributed by atoms with Crippen LogP contribution < -0.4 is 4.90 Å². The molecule has 0 saturated carbocycles. The molecule has 0 aliphatic rings. The van der Waals surface area contributed by atoms with Gasteiger partial charge < -0.3 is 4.90 Å². The van der Waals surface area contributed by atoms with Crippen LogP contribution in [0.25, 0.3) is 10.9 Å². The number of rotatable bonds is 4. The molecule has 0 N–H and O–H groups in total. The Morgan fingerprint density at radius 3 is 2.88 bits per heavy atom. The number of hydrogen-bond acceptors (Lipinski definition) is 3. The maximum atomic E-state index is 4.13. The number of anilines is 1. The van der Waals surface area contributed by atoms with Crippen LogP contribution in [0, 0.1) is 0 Å². The molecule has 0 radical (unpaired) electrons. The number of halogens is 1. The summed E-state index contributed by atoms with van der Waals surface area (Å²) in [6, 6.07) is 8.11. The summed E-state index contributed by atoms with van der Waals surface area (Å²) in [5.41, 5.74) is 2.09. The van der Waals surface area contributed by atoms with E-state index in [1.54, 1.807) is 0 Å². The number of nitrogens with zero attached hydrogens (tertiary/aromatic N) is 3. The molecule has 0 bridgehead atoms. The van der Waals surface area contributed by atoms with Crippen LogP contribution in [-0.2, 0) is 0 Å². The number of aromatic nitrogens is 2. The molecule has 0 saturated heterocycles. The molecule has 0 aliphatic carbocycles. The van der Waals surface area contributed by atoms with Gasteiger partial charge in [-0.1, -0.05) is 41.1 Å². The fourth-order valence-electron chi connectivity index (χ4n) is 1.79. The van der Waals surface area contributed by atoms with E-state index in [2.05, 4.69) is 51.1 Å². The van der Waals surface area contributed by atoms with E-state index >= 15 is 0 Å². The molecule has 0 aliphatic heterocycles. The molecule has 1 atom stereocenters. The van der Waals surface area contributed by atoms with Gasteiger partial charge in [0.05, 0.1) is 17.4 Å². The van der Waals surface area contributed by atoms with E-state index in [9.17, 15) is 0 Å². The van der Waals surface area contributed by atoms with Crippen LogP contribution in [0.2, 0.25) is 0 Å². The molecule has 90 valence electrons. The zero-order valence-corrected chi connectivity index (χ0v) is 11.7. The van der Waals surface area contributed by atoms with Gasteiger partial charge in [-0.2, -0.15) is 10.2 Å². The van der Waals surface area contributed by atoms with Crippen molar-refractivity contribution in [3.8, 4) is 0 Å². The standard InChI is InChI=1S/C13H16BrN3/c1-10(14)7-8-17(2)13-9-15-16-12-6-4-3-5-11(12)13/h3-6,9-10H,7-8H2,1-2H3. The van der Waals surface area contributed by atoms with E-state index in [0.717, 1.165) is 29.6 Å². The summed E-state index contributed by atoms with van der Waals surface area (Å²) >= 11 is 3.57. The lowest BCUT2D eigenvalue weighted by Gasteiger charge is -2.20. The zero-order chi connectivity index (χ0) is 12.3. The maximum absolute atomic E-state index is 4.13. The molecule has 17 heavy (non-hydrogen) atoms. The molecule has 1 unspecified atom stereocenters. The Morgan fingerprint density at radius 1 is 1.35 bits per heavy atom. The predicted octanol–water partition coefficient (Wildman–Crippen LogP) is 3.24. The molecule has 3 nitrogen and oxygen atoms in total. The summed E-state index contributed by atoms with van der Waals surface area (Å²) < 4.78 is 0. The van der Waals surface area contributed by atoms with Gasteiger partial charge in [0.15, 0.2) is 0 Å². The van der Waals surface area contributed by atoms with Gasteiger partial charge in [-0.3, -0.25) is 0 Å². The van der Waals surface area contributed by atoms with Gasteiger partial charge in [-0.25, -0.2) is 0 Å². The highest BCUT2D eigenvalue weighted by molar-refractivity contribution is 9.09. The largest absolute Gasteiger partial charge is 0.373 e. The molecular weight excluding hydrogens is 278 g/mol. The Labute approximate surface area is 110 Å². The van der Waals surface area contributed by atoms with Crippen molar-refractivity contribution >= 4 is 32.5 Å². The zero-order valence-electron chi connectivity index (χ0n) is 10.1. The average molecular weight is 294 g/mol. The first-order valence-corrected chi connectivity index (χ1v) is 6.65. The van der Waals surface area contributed by atoms with Crippen molar-refractivity contribution in [3.05, 3.63) is 30.5 Å². The van der Waals surface area contributed by atoms with Gasteiger partial charge in [-0.15, -0.1) is 0 Å². The van der Waals surface area contributed by atoms with Crippen LogP contribution in [0.5, 0.6) is 0 Å². The average Bonchev–Trinajstić information content (AvgIpc) is 2.35. The fraction of sp³-hybridized carbons (Fsp3) is 0.385. The van der Waals surface area contributed by atoms with E-state index in [0.29, 0.717) is 4.83 Å². The Hall–Kier alpha value is -1.16. The molecule has 0 fully saturated rings. The lowest BCUT2D eigenvalue weighted by molar-refractivity contribution is 0.786. The van der Waals surface area contributed by atoms with Crippen molar-refractivity contribution in [2.24, 2.45) is 0 Å². The van der Waals surface area contributed by atoms with Crippen molar-refractivity contribution in [2.75, 3.05) is 18.5 Å². The highest BCUT2D eigenvalue weighted by Gasteiger charge is 2.07. The minimum atomic E-state index is 0.533. The third kappa shape index (κ3) is 2.94. The fourth-order valence-corrected chi connectivity index (χ4v) is 1.99. The smallest absolute Gasteiger partial charge is 0.0950 e. The third-order valence-electron chi connectivity index (χ3n) is 2.80. The second kappa shape index (κ2) is 5.45. The normalized spacial score (nSPS) is 12.6. The number of fused-ring (bicyclic) bond motifs is 1. The topological polar surface area (TPSA) is 29.0 Å². The van der Waals surface area contributed by atoms with E-state index in [1.807, 2.05) is 24.4 Å². The van der Waals surface area contributed by atoms with Gasteiger partial charge in [0.25, 0.3) is 0 Å². The maximum Gasteiger partial charge on any atom is 0.0950 e. The second-order valence-corrected chi connectivity index (χ2v) is 5.80. The highest BCUT2D eigenvalue weighted by Crippen LogP contribution is 2.23. The first-order valence-electron chi connectivity index (χ1n) is 5.74. The monoisotopic (exact) mass is 293 g/mol. The third-order valence-corrected chi connectivity index (χ3v) is 3.26. The summed E-state index contributed by atoms with van der Waals surface area (Å²) in [5, 5.41) is 9.35. The summed E-state index contributed by atoms with van der Waals surface area (Å²) in [7, 11) is 2.10. The van der Waals surface area contributed by atoms with Crippen molar-refractivity contribution < 1.29 is 0 Å². The highest BCUT2D eigenvalue weighted by atomic mass is 79.9. The summed E-state index contributed by atoms with van der Waals surface area (Å²) in [6.07, 6.45) is 2.94. The Kier molecular flexibility index (Phi) is 3.94. The summed E-state index contributed by atoms with van der Waals surface area (Å²) in [4.78, 5) is 2.76. The Balaban J connectivity index is 2.28. The second-order valence-electron chi connectivity index (χ2n) is 4.24. The predicted molar refractivity (Wildman–Crippen MR) is 75.8 cm³/mol. The van der Waals surface area contributed by atoms with Crippen LogP contribution in [0.4, 0.5) is 5.69 Å². The van der Waals surface area contributed by atoms with Crippen LogP contribution in [-0.4, -0.2) is 28.6 Å². The van der Waals surface area contributed by atoms with Crippen LogP contribution in [0.1, 0.15) is 13.3 Å². The van der Waals surface area contributed by atoms with Gasteiger partial charge >= 0.3 is 0 Å². The molecule has 4 heteroatoms. The first-order chi connectivity index (χ1) is 8.18. The number of alkyl halides is 1. The Morgan fingerprint density at radius 2 is 2.12 bits per heavy atom. The molecular formula is C13H16BrN3. The molecule has 0 spiro atoms. The molecule has 2 aromatic rings. The van der Waals surface area contributed by atoms with E-state index < -0.39 is 0 Å². The quantitative estimate of drug-likeness (QED) is 0.811. The molecule has 0 amide bonds. The molecule has 1 aromatic heterocycles. The number of benzene rings is 1. The van der Waals surface area contributed by atoms with Gasteiger partial charge in [-0.05, 0) is 12.5 Å². The molecule has 2 rings (SSSR count). The van der Waals surface area contributed by atoms with Crippen molar-refractivity contribution in [1.82, 2.24) is 10.2 Å². The lowest BCUT2D eigenvalue weighted by atomic mass is 10.2. The van der Waals surface area contributed by atoms with E-state index in [-0.39, 0.29) is 0 Å². The van der Waals surface area contributed by atoms with Crippen molar-refractivity contribution in [2.45, 2.75) is 18.2 Å². The lowest BCUT2D eigenvalue weighted by Crippen LogP contribution is -2.21. The van der Waals surface area contributed by atoms with Crippen LogP contribution in [0.3, 0.4) is 0 Å². The molecule has 1 aromatic carbocycles. The Bertz CT molecular complexity index is 493. The first kappa shape index (κ1) is 12.3. The summed E-state index contributed by atoms with van der Waals surface area (Å²) in [5.74, 6) is 0. The number of hydrogen-bond donors (Lipinski definition) is 0. The van der Waals surface area contributed by atoms with Crippen LogP contribution >= 0.6 is 15.9 Å². The van der Waals surface area contributed by atoms with E-state index in [4.69, 9.17) is 0 Å². The van der Waals surface area contributed by atoms with Gasteiger partial charge in [0.1, 0.15) is 0 Å². The summed E-state index contributed by atoms with van der Waals surface area (Å²) in [6.45, 7) is 3.17. The SMILES string of the molecule is CC(Br)CCN(C)c1cnnc2ccccc12. The van der Waals surface area contributed by atoms with E-state index in [1.165, 1.54) is 0 Å². The van der Waals surface area contributed by atoms with Crippen molar-refractivity contribution in [3.63, 3.8) is 0 Å². The molecule has 1 heterocycles. The van der Waals surface area contributed by atoms with Gasteiger partial charge in [0, 0.05) is 23.8 Å². The van der Waals surface area contributed by atoms with Gasteiger partial charge in [0.2, 0.25) is 0 Å².